The van der Waals surface area contributed by atoms with Gasteiger partial charge in [0.15, 0.2) is 0 Å². The zero-order chi connectivity index (χ0) is 6.97. The average Bonchev–Trinajstić information content (AvgIpc) is 2.36. The number of carbonyl (C=O) groups excluding carboxylic acids is 1. The standard InChI is InChI=1S/C6H5NO2S/c8-6-4-1-2-10-5(4)3-9-7-6/h1,3H,2H2,(H,7,8). The maximum Gasteiger partial charge on any atom is 0.284 e. The van der Waals surface area contributed by atoms with Crippen LogP contribution in [0.15, 0.2) is 22.8 Å². The second kappa shape index (κ2) is 2.05. The lowest BCUT2D eigenvalue weighted by atomic mass is 10.2. The molecule has 0 atom stereocenters. The Bertz CT molecular complexity index is 244. The molecular weight excluding hydrogens is 150 g/mol. The molecule has 10 heavy (non-hydrogen) atoms. The molecule has 0 aliphatic carbocycles. The molecular formula is C6H5NO2S. The molecule has 0 aromatic heterocycles. The van der Waals surface area contributed by atoms with Gasteiger partial charge in [0, 0.05) is 5.75 Å². The molecule has 2 rings (SSSR count). The lowest BCUT2D eigenvalue weighted by Gasteiger charge is -2.10. The van der Waals surface area contributed by atoms with Crippen LogP contribution in [0.25, 0.3) is 0 Å². The molecule has 1 N–H and O–H groups in total. The number of thioether (sulfide) groups is 1. The third-order valence-electron chi connectivity index (χ3n) is 1.35. The first-order valence-corrected chi connectivity index (χ1v) is 3.86. The molecule has 0 unspecified atom stereocenters. The Labute approximate surface area is 62.1 Å². The maximum absolute atomic E-state index is 10.9. The van der Waals surface area contributed by atoms with E-state index < -0.39 is 0 Å². The summed E-state index contributed by atoms with van der Waals surface area (Å²) in [5, 5.41) is 0. The lowest BCUT2D eigenvalue weighted by molar-refractivity contribution is -0.126. The number of hydroxylamine groups is 1. The van der Waals surface area contributed by atoms with Crippen LogP contribution in [0, 0.1) is 0 Å². The van der Waals surface area contributed by atoms with Crippen LogP contribution in [0.2, 0.25) is 0 Å². The van der Waals surface area contributed by atoms with Crippen LogP contribution >= 0.6 is 11.8 Å². The minimum absolute atomic E-state index is 0.137. The summed E-state index contributed by atoms with van der Waals surface area (Å²) in [5.41, 5.74) is 3.00. The van der Waals surface area contributed by atoms with Crippen LogP contribution in [0.1, 0.15) is 0 Å². The smallest absolute Gasteiger partial charge is 0.284 e. The molecule has 52 valence electrons. The molecule has 0 aromatic carbocycles. The quantitative estimate of drug-likeness (QED) is 0.555. The van der Waals surface area contributed by atoms with E-state index in [1.165, 1.54) is 0 Å². The third-order valence-corrected chi connectivity index (χ3v) is 2.31. The molecule has 0 saturated heterocycles. The maximum atomic E-state index is 10.9. The zero-order valence-electron chi connectivity index (χ0n) is 5.09. The van der Waals surface area contributed by atoms with E-state index in [0.29, 0.717) is 0 Å². The molecule has 4 heteroatoms. The number of hydrogen-bond acceptors (Lipinski definition) is 3. The minimum Gasteiger partial charge on any atom is -0.386 e. The van der Waals surface area contributed by atoms with Crippen molar-refractivity contribution in [3.05, 3.63) is 22.8 Å². The second-order valence-corrected chi connectivity index (χ2v) is 3.02. The number of hydrogen-bond donors (Lipinski definition) is 1. The van der Waals surface area contributed by atoms with Crippen molar-refractivity contribution in [1.29, 1.82) is 0 Å². The molecule has 1 amide bonds. The summed E-state index contributed by atoms with van der Waals surface area (Å²) in [6.07, 6.45) is 3.46. The van der Waals surface area contributed by atoms with Crippen LogP contribution in [0.5, 0.6) is 0 Å². The second-order valence-electron chi connectivity index (χ2n) is 1.96. The number of nitrogens with one attached hydrogen (secondary N) is 1. The first kappa shape index (κ1) is 5.85. The van der Waals surface area contributed by atoms with Crippen molar-refractivity contribution in [3.63, 3.8) is 0 Å². The van der Waals surface area contributed by atoms with Gasteiger partial charge in [-0.15, -0.1) is 11.8 Å². The van der Waals surface area contributed by atoms with Gasteiger partial charge in [0.25, 0.3) is 5.91 Å². The monoisotopic (exact) mass is 155 g/mol. The molecule has 0 spiro atoms. The molecule has 0 radical (unpaired) electrons. The largest absolute Gasteiger partial charge is 0.386 e. The van der Waals surface area contributed by atoms with E-state index in [-0.39, 0.29) is 5.91 Å². The Morgan fingerprint density at radius 3 is 3.40 bits per heavy atom. The summed E-state index contributed by atoms with van der Waals surface area (Å²) in [4.78, 5) is 16.5. The SMILES string of the molecule is O=C1NOC=C2SCC=C12. The zero-order valence-corrected chi connectivity index (χ0v) is 5.90. The van der Waals surface area contributed by atoms with E-state index >= 15 is 0 Å². The van der Waals surface area contributed by atoms with Crippen molar-refractivity contribution in [2.45, 2.75) is 0 Å². The Hall–Kier alpha value is -0.900. The van der Waals surface area contributed by atoms with Gasteiger partial charge < -0.3 is 4.84 Å². The van der Waals surface area contributed by atoms with Gasteiger partial charge in [-0.1, -0.05) is 6.08 Å². The fraction of sp³-hybridized carbons (Fsp3) is 0.167. The lowest BCUT2D eigenvalue weighted by Crippen LogP contribution is -2.26. The van der Waals surface area contributed by atoms with Gasteiger partial charge in [-0.2, -0.15) is 5.48 Å². The third kappa shape index (κ3) is 0.724. The normalized spacial score (nSPS) is 22.2. The Balaban J connectivity index is 2.40. The van der Waals surface area contributed by atoms with Gasteiger partial charge in [0.2, 0.25) is 0 Å². The van der Waals surface area contributed by atoms with Crippen molar-refractivity contribution in [2.75, 3.05) is 5.75 Å². The highest BCUT2D eigenvalue weighted by Crippen LogP contribution is 2.32. The summed E-state index contributed by atoms with van der Waals surface area (Å²) in [6.45, 7) is 0. The molecule has 0 aromatic rings. The summed E-state index contributed by atoms with van der Waals surface area (Å²) in [6, 6.07) is 0. The molecule has 0 bridgehead atoms. The van der Waals surface area contributed by atoms with Gasteiger partial charge in [-0.25, -0.2) is 0 Å². The Kier molecular flexibility index (Phi) is 1.20. The van der Waals surface area contributed by atoms with Crippen molar-refractivity contribution in [3.8, 4) is 0 Å². The summed E-state index contributed by atoms with van der Waals surface area (Å²) in [7, 11) is 0. The Morgan fingerprint density at radius 2 is 2.60 bits per heavy atom. The van der Waals surface area contributed by atoms with Gasteiger partial charge in [0.1, 0.15) is 6.26 Å². The summed E-state index contributed by atoms with van der Waals surface area (Å²) >= 11 is 1.61. The number of rotatable bonds is 0. The van der Waals surface area contributed by atoms with Gasteiger partial charge >= 0.3 is 0 Å². The fourth-order valence-corrected chi connectivity index (χ4v) is 1.76. The van der Waals surface area contributed by atoms with E-state index in [9.17, 15) is 4.79 Å². The van der Waals surface area contributed by atoms with Crippen LogP contribution in [0.4, 0.5) is 0 Å². The first-order valence-electron chi connectivity index (χ1n) is 2.87. The van der Waals surface area contributed by atoms with Crippen LogP contribution in [0.3, 0.4) is 0 Å². The number of fused-ring (bicyclic) bond motifs is 1. The van der Waals surface area contributed by atoms with Gasteiger partial charge in [-0.05, 0) is 0 Å². The van der Waals surface area contributed by atoms with Gasteiger partial charge in [0.05, 0.1) is 10.5 Å². The summed E-state index contributed by atoms with van der Waals surface area (Å²) in [5.74, 6) is 0.736. The number of amides is 1. The molecule has 3 nitrogen and oxygen atoms in total. The molecule has 2 aliphatic heterocycles. The highest BCUT2D eigenvalue weighted by Gasteiger charge is 2.23. The van der Waals surface area contributed by atoms with Crippen LogP contribution in [-0.2, 0) is 9.63 Å². The van der Waals surface area contributed by atoms with Crippen molar-refractivity contribution >= 4 is 17.7 Å². The fourth-order valence-electron chi connectivity index (χ4n) is 0.887. The van der Waals surface area contributed by atoms with E-state index in [0.717, 1.165) is 16.2 Å². The van der Waals surface area contributed by atoms with Gasteiger partial charge in [-0.3, -0.25) is 4.79 Å². The van der Waals surface area contributed by atoms with E-state index in [2.05, 4.69) is 10.3 Å². The number of carbonyl (C=O) groups is 1. The highest BCUT2D eigenvalue weighted by atomic mass is 32.2. The van der Waals surface area contributed by atoms with E-state index in [4.69, 9.17) is 0 Å². The van der Waals surface area contributed by atoms with Crippen LogP contribution < -0.4 is 5.48 Å². The predicted molar refractivity (Wildman–Crippen MR) is 37.9 cm³/mol. The topological polar surface area (TPSA) is 38.3 Å². The minimum atomic E-state index is -0.137. The van der Waals surface area contributed by atoms with Crippen molar-refractivity contribution in [1.82, 2.24) is 5.48 Å². The van der Waals surface area contributed by atoms with Crippen molar-refractivity contribution in [2.24, 2.45) is 0 Å². The molecule has 2 heterocycles. The first-order chi connectivity index (χ1) is 4.88. The van der Waals surface area contributed by atoms with Crippen LogP contribution in [-0.4, -0.2) is 11.7 Å². The predicted octanol–water partition coefficient (Wildman–Crippen LogP) is 0.562. The average molecular weight is 155 g/mol. The Morgan fingerprint density at radius 1 is 1.70 bits per heavy atom. The van der Waals surface area contributed by atoms with E-state index in [1.54, 1.807) is 18.0 Å². The van der Waals surface area contributed by atoms with E-state index in [1.807, 2.05) is 6.08 Å². The highest BCUT2D eigenvalue weighted by molar-refractivity contribution is 8.03. The molecule has 0 fully saturated rings. The molecule has 0 saturated carbocycles. The summed E-state index contributed by atoms with van der Waals surface area (Å²) < 4.78 is 0. The molecule has 2 aliphatic rings. The van der Waals surface area contributed by atoms with Crippen molar-refractivity contribution < 1.29 is 9.63 Å².